The van der Waals surface area contributed by atoms with Crippen molar-refractivity contribution in [1.29, 1.82) is 0 Å². The van der Waals surface area contributed by atoms with Gasteiger partial charge in [-0.15, -0.1) is 0 Å². The maximum atomic E-state index is 13.2. The third kappa shape index (κ3) is 5.81. The van der Waals surface area contributed by atoms with Crippen LogP contribution in [0, 0.1) is 24.0 Å². The molecule has 0 fully saturated rings. The van der Waals surface area contributed by atoms with E-state index >= 15 is 0 Å². The zero-order valence-corrected chi connectivity index (χ0v) is 20.2. The molecule has 172 valence electrons. The minimum Gasteiger partial charge on any atom is -0.279 e. The molecule has 11 heteroatoms. The maximum absolute atomic E-state index is 13.2. The SMILES string of the molecule is CC(=NNc1ccc([N+](=O)[O-])cc1S(=O)(=O)Nc1ccc(C)cc1C)c1ccc(Cl)cc1Cl. The van der Waals surface area contributed by atoms with E-state index in [9.17, 15) is 18.5 Å². The van der Waals surface area contributed by atoms with Crippen LogP contribution in [0.1, 0.15) is 23.6 Å². The van der Waals surface area contributed by atoms with Crippen LogP contribution in [0.25, 0.3) is 0 Å². The summed E-state index contributed by atoms with van der Waals surface area (Å²) in [6.07, 6.45) is 0. The van der Waals surface area contributed by atoms with E-state index in [1.54, 1.807) is 44.2 Å². The Morgan fingerprint density at radius 2 is 1.70 bits per heavy atom. The smallest absolute Gasteiger partial charge is 0.270 e. The van der Waals surface area contributed by atoms with Crippen LogP contribution >= 0.6 is 23.2 Å². The Bertz CT molecular complexity index is 1370. The summed E-state index contributed by atoms with van der Waals surface area (Å²) in [5.74, 6) is 0. The standard InChI is InChI=1S/C22H20Cl2N4O4S/c1-13-4-8-20(14(2)10-13)27-33(31,32)22-12-17(28(29)30)6-9-21(22)26-25-15(3)18-7-5-16(23)11-19(18)24/h4-12,26-27H,1-3H3. The monoisotopic (exact) mass is 506 g/mol. The second kappa shape index (κ2) is 9.78. The maximum Gasteiger partial charge on any atom is 0.270 e. The van der Waals surface area contributed by atoms with E-state index in [-0.39, 0.29) is 16.3 Å². The van der Waals surface area contributed by atoms with Crippen LogP contribution in [-0.4, -0.2) is 19.1 Å². The van der Waals surface area contributed by atoms with Gasteiger partial charge in [-0.25, -0.2) is 8.42 Å². The summed E-state index contributed by atoms with van der Waals surface area (Å²) in [6.45, 7) is 5.33. The Labute approximate surface area is 201 Å². The molecule has 2 N–H and O–H groups in total. The number of benzene rings is 3. The van der Waals surface area contributed by atoms with Crippen LogP contribution in [0.15, 0.2) is 64.6 Å². The number of sulfonamides is 1. The fourth-order valence-corrected chi connectivity index (χ4v) is 4.91. The molecule has 0 atom stereocenters. The summed E-state index contributed by atoms with van der Waals surface area (Å²) in [6, 6.07) is 13.6. The highest BCUT2D eigenvalue weighted by Crippen LogP contribution is 2.30. The van der Waals surface area contributed by atoms with Crippen molar-refractivity contribution in [1.82, 2.24) is 0 Å². The Morgan fingerprint density at radius 1 is 1.00 bits per heavy atom. The molecule has 0 saturated heterocycles. The van der Waals surface area contributed by atoms with Gasteiger partial charge in [-0.2, -0.15) is 5.10 Å². The number of hydrogen-bond acceptors (Lipinski definition) is 6. The van der Waals surface area contributed by atoms with Gasteiger partial charge in [0.05, 0.1) is 27.0 Å². The lowest BCUT2D eigenvalue weighted by Crippen LogP contribution is -2.16. The number of hydrazone groups is 1. The largest absolute Gasteiger partial charge is 0.279 e. The molecule has 33 heavy (non-hydrogen) atoms. The second-order valence-corrected chi connectivity index (χ2v) is 9.79. The average Bonchev–Trinajstić information content (AvgIpc) is 2.73. The fourth-order valence-electron chi connectivity index (χ4n) is 3.05. The van der Waals surface area contributed by atoms with Crippen molar-refractivity contribution in [2.75, 3.05) is 10.1 Å². The van der Waals surface area contributed by atoms with Crippen LogP contribution < -0.4 is 10.1 Å². The lowest BCUT2D eigenvalue weighted by atomic mass is 10.1. The highest BCUT2D eigenvalue weighted by atomic mass is 35.5. The quantitative estimate of drug-likeness (QED) is 0.226. The number of nitrogens with one attached hydrogen (secondary N) is 2. The first-order valence-corrected chi connectivity index (χ1v) is 11.9. The van der Waals surface area contributed by atoms with Crippen molar-refractivity contribution in [3.63, 3.8) is 0 Å². The number of nitro benzene ring substituents is 1. The number of non-ortho nitro benzene ring substituents is 1. The van der Waals surface area contributed by atoms with Gasteiger partial charge in [0.25, 0.3) is 15.7 Å². The van der Waals surface area contributed by atoms with Crippen molar-refractivity contribution >= 4 is 56.0 Å². The predicted molar refractivity (Wildman–Crippen MR) is 132 cm³/mol. The molecular formula is C22H20Cl2N4O4S. The van der Waals surface area contributed by atoms with Gasteiger partial charge in [-0.05, 0) is 50.6 Å². The molecule has 0 spiro atoms. The van der Waals surface area contributed by atoms with Gasteiger partial charge in [0, 0.05) is 22.7 Å². The van der Waals surface area contributed by atoms with Crippen molar-refractivity contribution in [3.05, 3.63) is 91.4 Å². The number of nitrogens with zero attached hydrogens (tertiary/aromatic N) is 2. The molecule has 3 aromatic rings. The molecule has 3 rings (SSSR count). The molecule has 0 amide bonds. The number of rotatable bonds is 7. The van der Waals surface area contributed by atoms with Crippen LogP contribution in [0.5, 0.6) is 0 Å². The normalized spacial score (nSPS) is 11.8. The van der Waals surface area contributed by atoms with Gasteiger partial charge in [-0.1, -0.05) is 47.0 Å². The van der Waals surface area contributed by atoms with Crippen molar-refractivity contribution in [3.8, 4) is 0 Å². The first kappa shape index (κ1) is 24.5. The summed E-state index contributed by atoms with van der Waals surface area (Å²) in [4.78, 5) is 10.3. The summed E-state index contributed by atoms with van der Waals surface area (Å²) in [5, 5.41) is 16.3. The van der Waals surface area contributed by atoms with Gasteiger partial charge < -0.3 is 0 Å². The van der Waals surface area contributed by atoms with Crippen LogP contribution in [-0.2, 0) is 10.0 Å². The summed E-state index contributed by atoms with van der Waals surface area (Å²) in [5.41, 5.74) is 5.48. The minimum atomic E-state index is -4.19. The second-order valence-electron chi connectivity index (χ2n) is 7.29. The molecule has 0 saturated carbocycles. The summed E-state index contributed by atoms with van der Waals surface area (Å²) in [7, 11) is -4.19. The van der Waals surface area contributed by atoms with Crippen molar-refractivity contribution in [2.45, 2.75) is 25.7 Å². The molecule has 0 unspecified atom stereocenters. The van der Waals surface area contributed by atoms with Gasteiger partial charge in [0.15, 0.2) is 0 Å². The number of hydrogen-bond donors (Lipinski definition) is 2. The Balaban J connectivity index is 2.01. The molecular weight excluding hydrogens is 487 g/mol. The highest BCUT2D eigenvalue weighted by Gasteiger charge is 2.23. The summed E-state index contributed by atoms with van der Waals surface area (Å²) >= 11 is 12.1. The van der Waals surface area contributed by atoms with E-state index in [2.05, 4.69) is 15.2 Å². The van der Waals surface area contributed by atoms with Crippen LogP contribution in [0.2, 0.25) is 10.0 Å². The Kier molecular flexibility index (Phi) is 7.26. The first-order valence-electron chi connectivity index (χ1n) is 9.62. The van der Waals surface area contributed by atoms with Gasteiger partial charge in [-0.3, -0.25) is 20.3 Å². The molecule has 0 aromatic heterocycles. The third-order valence-corrected chi connectivity index (χ3v) is 6.71. The number of anilines is 2. The molecule has 3 aromatic carbocycles. The van der Waals surface area contributed by atoms with E-state index < -0.39 is 14.9 Å². The van der Waals surface area contributed by atoms with Gasteiger partial charge in [0.2, 0.25) is 0 Å². The third-order valence-electron chi connectivity index (χ3n) is 4.76. The topological polar surface area (TPSA) is 114 Å². The molecule has 0 aliphatic heterocycles. The first-order chi connectivity index (χ1) is 15.5. The Hall–Kier alpha value is -3.14. The lowest BCUT2D eigenvalue weighted by Gasteiger charge is -2.14. The van der Waals surface area contributed by atoms with E-state index in [1.807, 2.05) is 13.0 Å². The van der Waals surface area contributed by atoms with E-state index in [0.29, 0.717) is 32.6 Å². The zero-order valence-electron chi connectivity index (χ0n) is 17.9. The molecule has 8 nitrogen and oxygen atoms in total. The molecule has 0 bridgehead atoms. The van der Waals surface area contributed by atoms with Crippen molar-refractivity contribution in [2.24, 2.45) is 5.10 Å². The number of nitro groups is 1. The van der Waals surface area contributed by atoms with Crippen molar-refractivity contribution < 1.29 is 13.3 Å². The molecule has 0 aliphatic rings. The van der Waals surface area contributed by atoms with E-state index in [1.165, 1.54) is 12.1 Å². The van der Waals surface area contributed by atoms with Gasteiger partial charge in [0.1, 0.15) is 4.90 Å². The fraction of sp³-hybridized carbons (Fsp3) is 0.136. The van der Waals surface area contributed by atoms with E-state index in [0.717, 1.165) is 11.6 Å². The molecule has 0 heterocycles. The highest BCUT2D eigenvalue weighted by molar-refractivity contribution is 7.92. The van der Waals surface area contributed by atoms with E-state index in [4.69, 9.17) is 23.2 Å². The van der Waals surface area contributed by atoms with Crippen LogP contribution in [0.3, 0.4) is 0 Å². The molecule has 0 aliphatic carbocycles. The average molecular weight is 507 g/mol. The molecule has 0 radical (unpaired) electrons. The van der Waals surface area contributed by atoms with Crippen LogP contribution in [0.4, 0.5) is 17.1 Å². The minimum absolute atomic E-state index is 0.0577. The zero-order chi connectivity index (χ0) is 24.3. The predicted octanol–water partition coefficient (Wildman–Crippen LogP) is 6.16. The lowest BCUT2D eigenvalue weighted by molar-refractivity contribution is -0.385. The Morgan fingerprint density at radius 3 is 2.33 bits per heavy atom. The number of aryl methyl sites for hydroxylation is 2. The summed E-state index contributed by atoms with van der Waals surface area (Å²) < 4.78 is 28.9. The van der Waals surface area contributed by atoms with Gasteiger partial charge >= 0.3 is 0 Å². The number of halogens is 2.